The minimum absolute atomic E-state index is 0.0585. The highest BCUT2D eigenvalue weighted by molar-refractivity contribution is 5.79. The van der Waals surface area contributed by atoms with E-state index >= 15 is 0 Å². The maximum atomic E-state index is 12.7. The van der Waals surface area contributed by atoms with Crippen molar-refractivity contribution in [1.29, 1.82) is 0 Å². The van der Waals surface area contributed by atoms with E-state index in [0.29, 0.717) is 29.1 Å². The van der Waals surface area contributed by atoms with Gasteiger partial charge in [-0.3, -0.25) is 4.99 Å². The standard InChI is InChI=1S/C19H28F2N4O3/c1-22-19(23-7-8-25(2)14-5-3-4-6-14)24-11-13-9-16-17(27-12-26-16)10-15(13)28-18(20)21/h9-10,14,18H,3-8,11-12H2,1-2H3,(H2,22,23,24). The molecule has 0 spiro atoms. The first-order chi connectivity index (χ1) is 13.6. The number of hydrogen-bond acceptors (Lipinski definition) is 5. The molecule has 0 bridgehead atoms. The maximum absolute atomic E-state index is 12.7. The predicted octanol–water partition coefficient (Wildman–Crippen LogP) is 2.56. The average molecular weight is 398 g/mol. The third-order valence-electron chi connectivity index (χ3n) is 5.15. The van der Waals surface area contributed by atoms with Gasteiger partial charge in [0.15, 0.2) is 17.5 Å². The van der Waals surface area contributed by atoms with E-state index in [2.05, 4.69) is 32.3 Å². The summed E-state index contributed by atoms with van der Waals surface area (Å²) in [6.07, 6.45) is 5.15. The number of rotatable bonds is 8. The first-order valence-electron chi connectivity index (χ1n) is 9.59. The quantitative estimate of drug-likeness (QED) is 0.518. The van der Waals surface area contributed by atoms with Crippen LogP contribution in [-0.2, 0) is 6.54 Å². The Morgan fingerprint density at radius 3 is 2.64 bits per heavy atom. The number of aliphatic imine (C=N–C) groups is 1. The second-order valence-electron chi connectivity index (χ2n) is 6.96. The summed E-state index contributed by atoms with van der Waals surface area (Å²) in [4.78, 5) is 6.57. The molecule has 1 aromatic rings. The summed E-state index contributed by atoms with van der Waals surface area (Å²) >= 11 is 0. The van der Waals surface area contributed by atoms with Gasteiger partial charge in [0.05, 0.1) is 0 Å². The van der Waals surface area contributed by atoms with Gasteiger partial charge >= 0.3 is 6.61 Å². The molecule has 28 heavy (non-hydrogen) atoms. The highest BCUT2D eigenvalue weighted by Crippen LogP contribution is 2.38. The van der Waals surface area contributed by atoms with E-state index in [-0.39, 0.29) is 19.1 Å². The Morgan fingerprint density at radius 2 is 1.96 bits per heavy atom. The van der Waals surface area contributed by atoms with Crippen molar-refractivity contribution in [2.75, 3.05) is 34.0 Å². The summed E-state index contributed by atoms with van der Waals surface area (Å²) in [5.41, 5.74) is 0.538. The Bertz CT molecular complexity index is 681. The molecule has 1 saturated carbocycles. The van der Waals surface area contributed by atoms with E-state index in [1.54, 1.807) is 13.1 Å². The molecule has 2 aliphatic rings. The summed E-state index contributed by atoms with van der Waals surface area (Å²) in [5.74, 6) is 1.57. The number of benzene rings is 1. The number of guanidine groups is 1. The van der Waals surface area contributed by atoms with Crippen LogP contribution in [0.2, 0.25) is 0 Å². The van der Waals surface area contributed by atoms with Crippen molar-refractivity contribution in [3.8, 4) is 17.2 Å². The lowest BCUT2D eigenvalue weighted by atomic mass is 10.1. The average Bonchev–Trinajstić information content (AvgIpc) is 3.35. The van der Waals surface area contributed by atoms with Gasteiger partial charge in [0.2, 0.25) is 6.79 Å². The number of nitrogens with one attached hydrogen (secondary N) is 2. The van der Waals surface area contributed by atoms with Crippen LogP contribution in [0.15, 0.2) is 17.1 Å². The Hall–Kier alpha value is -2.29. The van der Waals surface area contributed by atoms with Crippen LogP contribution in [0.3, 0.4) is 0 Å². The molecule has 0 aromatic heterocycles. The molecule has 2 N–H and O–H groups in total. The maximum Gasteiger partial charge on any atom is 0.387 e. The van der Waals surface area contributed by atoms with Gasteiger partial charge < -0.3 is 29.7 Å². The Morgan fingerprint density at radius 1 is 1.25 bits per heavy atom. The summed E-state index contributed by atoms with van der Waals surface area (Å²) in [6.45, 7) is -0.930. The fourth-order valence-electron chi connectivity index (χ4n) is 3.59. The number of fused-ring (bicyclic) bond motifs is 1. The number of likely N-dealkylation sites (N-methyl/N-ethyl adjacent to an activating group) is 1. The van der Waals surface area contributed by atoms with E-state index in [1.165, 1.54) is 31.7 Å². The third-order valence-corrected chi connectivity index (χ3v) is 5.15. The molecule has 156 valence electrons. The van der Waals surface area contributed by atoms with Crippen molar-refractivity contribution >= 4 is 5.96 Å². The van der Waals surface area contributed by atoms with Crippen LogP contribution in [0, 0.1) is 0 Å². The topological polar surface area (TPSA) is 67.4 Å². The molecule has 1 fully saturated rings. The minimum Gasteiger partial charge on any atom is -0.454 e. The van der Waals surface area contributed by atoms with E-state index in [4.69, 9.17) is 9.47 Å². The molecular formula is C19H28F2N4O3. The number of nitrogens with zero attached hydrogens (tertiary/aromatic N) is 2. The molecule has 0 saturated heterocycles. The van der Waals surface area contributed by atoms with Gasteiger partial charge in [0.1, 0.15) is 5.75 Å². The lowest BCUT2D eigenvalue weighted by Crippen LogP contribution is -2.42. The van der Waals surface area contributed by atoms with Gasteiger partial charge in [-0.05, 0) is 26.0 Å². The van der Waals surface area contributed by atoms with Crippen LogP contribution in [0.4, 0.5) is 8.78 Å². The first-order valence-corrected chi connectivity index (χ1v) is 9.59. The lowest BCUT2D eigenvalue weighted by Gasteiger charge is -2.24. The number of hydrogen-bond donors (Lipinski definition) is 2. The van der Waals surface area contributed by atoms with Crippen molar-refractivity contribution in [3.05, 3.63) is 17.7 Å². The van der Waals surface area contributed by atoms with Crippen LogP contribution in [0.5, 0.6) is 17.2 Å². The monoisotopic (exact) mass is 398 g/mol. The van der Waals surface area contributed by atoms with Gasteiger partial charge in [-0.2, -0.15) is 8.78 Å². The van der Waals surface area contributed by atoms with Crippen LogP contribution < -0.4 is 24.8 Å². The second-order valence-corrected chi connectivity index (χ2v) is 6.96. The number of ether oxygens (including phenoxy) is 3. The van der Waals surface area contributed by atoms with Crippen molar-refractivity contribution < 1.29 is 23.0 Å². The van der Waals surface area contributed by atoms with Gasteiger partial charge in [-0.15, -0.1) is 0 Å². The Balaban J connectivity index is 1.52. The summed E-state index contributed by atoms with van der Waals surface area (Å²) in [7, 11) is 3.82. The SMILES string of the molecule is CN=C(NCCN(C)C1CCCC1)NCc1cc2c(cc1OC(F)F)OCO2. The Labute approximate surface area is 164 Å². The molecule has 0 amide bonds. The van der Waals surface area contributed by atoms with Gasteiger partial charge in [-0.25, -0.2) is 0 Å². The molecule has 1 aliphatic heterocycles. The zero-order valence-electron chi connectivity index (χ0n) is 16.3. The van der Waals surface area contributed by atoms with Crippen molar-refractivity contribution in [1.82, 2.24) is 15.5 Å². The van der Waals surface area contributed by atoms with E-state index in [0.717, 1.165) is 13.1 Å². The first kappa shape index (κ1) is 20.4. The van der Waals surface area contributed by atoms with E-state index in [9.17, 15) is 8.78 Å². The summed E-state index contributed by atoms with van der Waals surface area (Å²) in [5, 5.41) is 6.39. The summed E-state index contributed by atoms with van der Waals surface area (Å²) in [6, 6.07) is 3.74. The van der Waals surface area contributed by atoms with Gasteiger partial charge in [-0.1, -0.05) is 12.8 Å². The highest BCUT2D eigenvalue weighted by Gasteiger charge is 2.21. The van der Waals surface area contributed by atoms with Crippen molar-refractivity contribution in [2.24, 2.45) is 4.99 Å². The minimum atomic E-state index is -2.91. The summed E-state index contributed by atoms with van der Waals surface area (Å²) < 4.78 is 40.7. The highest BCUT2D eigenvalue weighted by atomic mass is 19.3. The fourth-order valence-corrected chi connectivity index (χ4v) is 3.59. The third kappa shape index (κ3) is 5.37. The van der Waals surface area contributed by atoms with Crippen molar-refractivity contribution in [2.45, 2.75) is 44.9 Å². The van der Waals surface area contributed by atoms with Gasteiger partial charge in [0, 0.05) is 44.4 Å². The molecule has 0 unspecified atom stereocenters. The normalized spacial score (nSPS) is 16.9. The van der Waals surface area contributed by atoms with Crippen molar-refractivity contribution in [3.63, 3.8) is 0 Å². The lowest BCUT2D eigenvalue weighted by molar-refractivity contribution is -0.0505. The number of alkyl halides is 2. The zero-order valence-corrected chi connectivity index (χ0v) is 16.3. The zero-order chi connectivity index (χ0) is 19.9. The van der Waals surface area contributed by atoms with Crippen LogP contribution in [-0.4, -0.2) is 57.5 Å². The van der Waals surface area contributed by atoms with Crippen LogP contribution in [0.1, 0.15) is 31.2 Å². The smallest absolute Gasteiger partial charge is 0.387 e. The molecule has 1 aromatic carbocycles. The van der Waals surface area contributed by atoms with Crippen LogP contribution >= 0.6 is 0 Å². The van der Waals surface area contributed by atoms with E-state index < -0.39 is 6.61 Å². The molecule has 7 nitrogen and oxygen atoms in total. The second kappa shape index (κ2) is 9.77. The van der Waals surface area contributed by atoms with Crippen LogP contribution in [0.25, 0.3) is 0 Å². The fraction of sp³-hybridized carbons (Fsp3) is 0.632. The molecule has 9 heteroatoms. The largest absolute Gasteiger partial charge is 0.454 e. The Kier molecular flexibility index (Phi) is 7.13. The number of halogens is 2. The molecule has 0 atom stereocenters. The predicted molar refractivity (Wildman–Crippen MR) is 102 cm³/mol. The molecule has 0 radical (unpaired) electrons. The molecule has 1 heterocycles. The van der Waals surface area contributed by atoms with E-state index in [1.807, 2.05) is 0 Å². The molecule has 3 rings (SSSR count). The molecule has 1 aliphatic carbocycles. The van der Waals surface area contributed by atoms with Gasteiger partial charge in [0.25, 0.3) is 0 Å². The molecular weight excluding hydrogens is 370 g/mol.